The van der Waals surface area contributed by atoms with Crippen molar-refractivity contribution in [2.45, 2.75) is 11.3 Å². The Bertz CT molecular complexity index is 326. The van der Waals surface area contributed by atoms with Gasteiger partial charge in [-0.25, -0.2) is 0 Å². The van der Waals surface area contributed by atoms with E-state index in [2.05, 4.69) is 0 Å². The summed E-state index contributed by atoms with van der Waals surface area (Å²) < 4.78 is 10.6. The predicted molar refractivity (Wildman–Crippen MR) is 62.1 cm³/mol. The largest absolute Gasteiger partial charge is 0.495 e. The lowest BCUT2D eigenvalue weighted by Crippen LogP contribution is -1.99. The maximum absolute atomic E-state index is 8.94. The summed E-state index contributed by atoms with van der Waals surface area (Å²) in [6, 6.07) is 3.83. The van der Waals surface area contributed by atoms with Crippen molar-refractivity contribution in [2.24, 2.45) is 0 Å². The molecule has 84 valence electrons. The van der Waals surface area contributed by atoms with Crippen molar-refractivity contribution < 1.29 is 14.6 Å². The highest BCUT2D eigenvalue weighted by molar-refractivity contribution is 7.98. The monoisotopic (exact) mass is 228 g/mol. The first-order valence-electron chi connectivity index (χ1n) is 4.67. The van der Waals surface area contributed by atoms with Gasteiger partial charge in [0.05, 0.1) is 19.1 Å². The lowest BCUT2D eigenvalue weighted by Gasteiger charge is -2.14. The summed E-state index contributed by atoms with van der Waals surface area (Å²) in [5.74, 6) is 1.61. The predicted octanol–water partition coefficient (Wildman–Crippen LogP) is 1.96. The summed E-state index contributed by atoms with van der Waals surface area (Å²) in [5.41, 5.74) is 1.00. The molecule has 1 N–H and O–H groups in total. The number of methoxy groups -OCH3 is 2. The quantitative estimate of drug-likeness (QED) is 0.782. The van der Waals surface area contributed by atoms with E-state index in [1.807, 2.05) is 18.4 Å². The lowest BCUT2D eigenvalue weighted by atomic mass is 10.1. The molecule has 0 aliphatic heterocycles. The van der Waals surface area contributed by atoms with Crippen LogP contribution in [0.15, 0.2) is 17.0 Å². The molecule has 0 fully saturated rings. The molecular formula is C11H16O3S. The van der Waals surface area contributed by atoms with Gasteiger partial charge in [0.2, 0.25) is 0 Å². The van der Waals surface area contributed by atoms with Crippen LogP contribution in [0.5, 0.6) is 11.5 Å². The summed E-state index contributed by atoms with van der Waals surface area (Å²) in [6.07, 6.45) is 2.57. The summed E-state index contributed by atoms with van der Waals surface area (Å²) >= 11 is 1.58. The number of rotatable bonds is 5. The van der Waals surface area contributed by atoms with Crippen LogP contribution in [-0.4, -0.2) is 32.2 Å². The molecule has 0 saturated heterocycles. The molecule has 0 spiro atoms. The van der Waals surface area contributed by atoms with Crippen molar-refractivity contribution in [1.29, 1.82) is 0 Å². The Balaban J connectivity index is 3.21. The van der Waals surface area contributed by atoms with Crippen LogP contribution in [0.3, 0.4) is 0 Å². The highest BCUT2D eigenvalue weighted by atomic mass is 32.2. The van der Waals surface area contributed by atoms with Crippen LogP contribution < -0.4 is 9.47 Å². The van der Waals surface area contributed by atoms with E-state index in [1.54, 1.807) is 26.0 Å². The Morgan fingerprint density at radius 3 is 2.47 bits per heavy atom. The third-order valence-corrected chi connectivity index (χ3v) is 2.96. The Labute approximate surface area is 94.4 Å². The van der Waals surface area contributed by atoms with Gasteiger partial charge in [0.15, 0.2) is 0 Å². The summed E-state index contributed by atoms with van der Waals surface area (Å²) in [7, 11) is 3.27. The van der Waals surface area contributed by atoms with Gasteiger partial charge in [0.1, 0.15) is 11.5 Å². The van der Waals surface area contributed by atoms with E-state index in [0.29, 0.717) is 6.42 Å². The van der Waals surface area contributed by atoms with E-state index >= 15 is 0 Å². The van der Waals surface area contributed by atoms with Gasteiger partial charge in [-0.3, -0.25) is 0 Å². The molecule has 15 heavy (non-hydrogen) atoms. The SMILES string of the molecule is COc1ccc(CCO)c(OC)c1SC. The second-order valence-electron chi connectivity index (χ2n) is 2.97. The first-order valence-corrected chi connectivity index (χ1v) is 5.89. The first-order chi connectivity index (χ1) is 7.28. The van der Waals surface area contributed by atoms with E-state index in [1.165, 1.54) is 0 Å². The average Bonchev–Trinajstić information content (AvgIpc) is 2.28. The molecule has 0 unspecified atom stereocenters. The van der Waals surface area contributed by atoms with E-state index < -0.39 is 0 Å². The van der Waals surface area contributed by atoms with Crippen LogP contribution in [0.4, 0.5) is 0 Å². The normalized spacial score (nSPS) is 10.1. The maximum atomic E-state index is 8.94. The van der Waals surface area contributed by atoms with Crippen LogP contribution >= 0.6 is 11.8 Å². The van der Waals surface area contributed by atoms with Crippen molar-refractivity contribution in [3.8, 4) is 11.5 Å². The molecule has 0 aliphatic rings. The summed E-state index contributed by atoms with van der Waals surface area (Å²) in [4.78, 5) is 0.978. The number of hydrogen-bond acceptors (Lipinski definition) is 4. The van der Waals surface area contributed by atoms with Crippen LogP contribution in [0, 0.1) is 0 Å². The Morgan fingerprint density at radius 2 is 2.00 bits per heavy atom. The number of hydrogen-bond donors (Lipinski definition) is 1. The van der Waals surface area contributed by atoms with E-state index in [9.17, 15) is 0 Å². The Hall–Kier alpha value is -0.870. The molecule has 1 aromatic carbocycles. The molecule has 0 aliphatic carbocycles. The molecule has 0 atom stereocenters. The van der Waals surface area contributed by atoms with Crippen LogP contribution in [-0.2, 0) is 6.42 Å². The minimum Gasteiger partial charge on any atom is -0.495 e. The first kappa shape index (κ1) is 12.2. The zero-order chi connectivity index (χ0) is 11.3. The van der Waals surface area contributed by atoms with E-state index in [4.69, 9.17) is 14.6 Å². The molecule has 0 aromatic heterocycles. The van der Waals surface area contributed by atoms with Gasteiger partial charge >= 0.3 is 0 Å². The molecule has 0 heterocycles. The maximum Gasteiger partial charge on any atom is 0.139 e. The molecule has 4 heteroatoms. The number of aliphatic hydroxyl groups is 1. The molecule has 3 nitrogen and oxygen atoms in total. The van der Waals surface area contributed by atoms with Gasteiger partial charge in [-0.1, -0.05) is 6.07 Å². The summed E-state index contributed by atoms with van der Waals surface area (Å²) in [5, 5.41) is 8.94. The summed E-state index contributed by atoms with van der Waals surface area (Å²) in [6.45, 7) is 0.122. The standard InChI is InChI=1S/C11H16O3S/c1-13-9-5-4-8(6-7-12)10(14-2)11(9)15-3/h4-5,12H,6-7H2,1-3H3. The second kappa shape index (κ2) is 5.88. The highest BCUT2D eigenvalue weighted by Gasteiger charge is 2.13. The third-order valence-electron chi connectivity index (χ3n) is 2.17. The fourth-order valence-electron chi connectivity index (χ4n) is 1.48. The lowest BCUT2D eigenvalue weighted by molar-refractivity contribution is 0.295. The topological polar surface area (TPSA) is 38.7 Å². The van der Waals surface area contributed by atoms with Crippen LogP contribution in [0.2, 0.25) is 0 Å². The molecule has 1 aromatic rings. The average molecular weight is 228 g/mol. The zero-order valence-electron chi connectivity index (χ0n) is 9.24. The van der Waals surface area contributed by atoms with Gasteiger partial charge < -0.3 is 14.6 Å². The molecule has 1 rings (SSSR count). The number of ether oxygens (including phenoxy) is 2. The number of aliphatic hydroxyl groups excluding tert-OH is 1. The van der Waals surface area contributed by atoms with E-state index in [-0.39, 0.29) is 6.61 Å². The van der Waals surface area contributed by atoms with Crippen LogP contribution in [0.25, 0.3) is 0 Å². The fraction of sp³-hybridized carbons (Fsp3) is 0.455. The molecule has 0 amide bonds. The van der Waals surface area contributed by atoms with E-state index in [0.717, 1.165) is 22.0 Å². The highest BCUT2D eigenvalue weighted by Crippen LogP contribution is 2.39. The van der Waals surface area contributed by atoms with Crippen molar-refractivity contribution in [3.63, 3.8) is 0 Å². The minimum atomic E-state index is 0.122. The molecule has 0 bridgehead atoms. The van der Waals surface area contributed by atoms with Crippen molar-refractivity contribution in [1.82, 2.24) is 0 Å². The number of thioether (sulfide) groups is 1. The van der Waals surface area contributed by atoms with Crippen molar-refractivity contribution in [3.05, 3.63) is 17.7 Å². The number of benzene rings is 1. The Kier molecular flexibility index (Phi) is 4.78. The minimum absolute atomic E-state index is 0.122. The van der Waals surface area contributed by atoms with Crippen LogP contribution in [0.1, 0.15) is 5.56 Å². The molecule has 0 saturated carbocycles. The van der Waals surface area contributed by atoms with Gasteiger partial charge in [0.25, 0.3) is 0 Å². The Morgan fingerprint density at radius 1 is 1.27 bits per heavy atom. The second-order valence-corrected chi connectivity index (χ2v) is 3.78. The van der Waals surface area contributed by atoms with Crippen molar-refractivity contribution >= 4 is 11.8 Å². The van der Waals surface area contributed by atoms with Gasteiger partial charge in [-0.05, 0) is 24.3 Å². The van der Waals surface area contributed by atoms with Gasteiger partial charge in [-0.2, -0.15) is 0 Å². The fourth-order valence-corrected chi connectivity index (χ4v) is 2.23. The molecular weight excluding hydrogens is 212 g/mol. The smallest absolute Gasteiger partial charge is 0.139 e. The molecule has 0 radical (unpaired) electrons. The zero-order valence-corrected chi connectivity index (χ0v) is 10.1. The third kappa shape index (κ3) is 2.58. The van der Waals surface area contributed by atoms with Gasteiger partial charge in [0, 0.05) is 6.61 Å². The van der Waals surface area contributed by atoms with Crippen molar-refractivity contribution in [2.75, 3.05) is 27.1 Å². The van der Waals surface area contributed by atoms with Gasteiger partial charge in [-0.15, -0.1) is 11.8 Å².